The summed E-state index contributed by atoms with van der Waals surface area (Å²) in [4.78, 5) is 9.09. The van der Waals surface area contributed by atoms with E-state index in [-0.39, 0.29) is 0 Å². The zero-order chi connectivity index (χ0) is 20.5. The van der Waals surface area contributed by atoms with Crippen molar-refractivity contribution in [2.75, 3.05) is 31.0 Å². The van der Waals surface area contributed by atoms with Gasteiger partial charge in [-0.25, -0.2) is 9.97 Å². The highest BCUT2D eigenvalue weighted by atomic mass is 32.2. The predicted octanol–water partition coefficient (Wildman–Crippen LogP) is 2.62. The van der Waals surface area contributed by atoms with Crippen molar-refractivity contribution in [3.05, 3.63) is 12.3 Å². The largest absolute Gasteiger partial charge is 0.397 e. The molecule has 0 bridgehead atoms. The van der Waals surface area contributed by atoms with Crippen molar-refractivity contribution in [1.29, 1.82) is 0 Å². The molecule has 4 atom stereocenters. The third-order valence-corrected chi connectivity index (χ3v) is 7.43. The Morgan fingerprint density at radius 1 is 1.36 bits per heavy atom. The maximum absolute atomic E-state index is 10.8. The van der Waals surface area contributed by atoms with Gasteiger partial charge in [-0.2, -0.15) is 0 Å². The molecule has 1 saturated heterocycles. The molecule has 2 aromatic heterocycles. The van der Waals surface area contributed by atoms with E-state index in [2.05, 4.69) is 36.5 Å². The van der Waals surface area contributed by atoms with E-state index in [1.54, 1.807) is 28.6 Å². The summed E-state index contributed by atoms with van der Waals surface area (Å²) in [5.74, 6) is 0.898. The molecule has 1 fully saturated rings. The molecule has 9 heteroatoms. The molecule has 28 heavy (non-hydrogen) atoms. The monoisotopic (exact) mass is 426 g/mol. The molecular formula is C19H31N4O3PS. The highest BCUT2D eigenvalue weighted by Gasteiger charge is 2.45. The van der Waals surface area contributed by atoms with Crippen molar-refractivity contribution in [1.82, 2.24) is 14.5 Å². The number of pyridine rings is 1. The van der Waals surface area contributed by atoms with E-state index < -0.39 is 31.4 Å². The van der Waals surface area contributed by atoms with Gasteiger partial charge in [0.25, 0.3) is 0 Å². The number of nitrogens with zero attached hydrogens (tertiary/aromatic N) is 3. The molecule has 0 spiro atoms. The van der Waals surface area contributed by atoms with Crippen LogP contribution in [0.1, 0.15) is 32.4 Å². The van der Waals surface area contributed by atoms with Gasteiger partial charge in [0.05, 0.1) is 11.8 Å². The molecule has 1 aliphatic heterocycles. The van der Waals surface area contributed by atoms with E-state index in [0.717, 1.165) is 24.8 Å². The predicted molar refractivity (Wildman–Crippen MR) is 119 cm³/mol. The molecular weight excluding hydrogens is 395 g/mol. The normalized spacial score (nSPS) is 25.6. The Morgan fingerprint density at radius 2 is 2.11 bits per heavy atom. The van der Waals surface area contributed by atoms with Crippen LogP contribution in [-0.4, -0.2) is 74.6 Å². The number of rotatable bonds is 8. The van der Waals surface area contributed by atoms with Crippen LogP contribution in [0.2, 0.25) is 0 Å². The third kappa shape index (κ3) is 4.57. The van der Waals surface area contributed by atoms with Gasteiger partial charge in [-0.1, -0.05) is 25.1 Å². The van der Waals surface area contributed by atoms with E-state index in [1.807, 2.05) is 0 Å². The number of hydrogen-bond acceptors (Lipinski definition) is 7. The van der Waals surface area contributed by atoms with Crippen LogP contribution in [0.5, 0.6) is 0 Å². The van der Waals surface area contributed by atoms with E-state index >= 15 is 0 Å². The summed E-state index contributed by atoms with van der Waals surface area (Å²) < 4.78 is 7.94. The molecule has 0 aromatic carbocycles. The first-order valence-corrected chi connectivity index (χ1v) is 13.7. The average Bonchev–Trinajstić information content (AvgIpc) is 3.12. The molecule has 3 heterocycles. The average molecular weight is 427 g/mol. The maximum atomic E-state index is 10.8. The lowest BCUT2D eigenvalue weighted by Gasteiger charge is -2.19. The Hall–Kier alpha value is -1.05. The maximum Gasteiger partial charge on any atom is 0.172 e. The van der Waals surface area contributed by atoms with E-state index in [9.17, 15) is 10.2 Å². The third-order valence-electron chi connectivity index (χ3n) is 4.92. The van der Waals surface area contributed by atoms with Crippen LogP contribution in [0.15, 0.2) is 17.4 Å². The number of nitrogen functional groups attached to an aromatic ring is 1. The van der Waals surface area contributed by atoms with E-state index in [1.165, 1.54) is 0 Å². The number of fused-ring (bicyclic) bond motifs is 1. The number of aromatic nitrogens is 3. The van der Waals surface area contributed by atoms with Gasteiger partial charge in [0, 0.05) is 11.9 Å². The van der Waals surface area contributed by atoms with Crippen LogP contribution in [0.25, 0.3) is 11.2 Å². The molecule has 0 saturated carbocycles. The second-order valence-electron chi connectivity index (χ2n) is 8.03. The number of aliphatic hydroxyl groups is 2. The minimum atomic E-state index is -1.24. The van der Waals surface area contributed by atoms with Gasteiger partial charge in [0.15, 0.2) is 17.0 Å². The number of aliphatic hydroxyl groups excluding tert-OH is 2. The number of hydrogen-bond donors (Lipinski definition) is 3. The minimum Gasteiger partial charge on any atom is -0.397 e. The summed E-state index contributed by atoms with van der Waals surface area (Å²) in [6, 6.07) is 1.71. The Bertz CT molecular complexity index is 868. The first-order valence-electron chi connectivity index (χ1n) is 9.67. The second kappa shape index (κ2) is 8.76. The number of imidazole rings is 1. The van der Waals surface area contributed by atoms with Crippen molar-refractivity contribution in [3.63, 3.8) is 0 Å². The van der Waals surface area contributed by atoms with Crippen molar-refractivity contribution >= 4 is 41.8 Å². The Kier molecular flexibility index (Phi) is 6.77. The highest BCUT2D eigenvalue weighted by molar-refractivity contribution is 7.99. The first kappa shape index (κ1) is 21.7. The van der Waals surface area contributed by atoms with Gasteiger partial charge in [-0.05, 0) is 38.4 Å². The summed E-state index contributed by atoms with van der Waals surface area (Å²) in [6.45, 7) is 5.20. The van der Waals surface area contributed by atoms with Crippen LogP contribution in [0.4, 0.5) is 5.69 Å². The van der Waals surface area contributed by atoms with Crippen LogP contribution in [-0.2, 0) is 4.74 Å². The molecule has 7 nitrogen and oxygen atoms in total. The lowest BCUT2D eigenvalue weighted by Crippen LogP contribution is -2.32. The molecule has 3 rings (SSSR count). The van der Waals surface area contributed by atoms with Gasteiger partial charge < -0.3 is 20.7 Å². The zero-order valence-electron chi connectivity index (χ0n) is 16.8. The quantitative estimate of drug-likeness (QED) is 0.338. The van der Waals surface area contributed by atoms with Crippen LogP contribution in [0.3, 0.4) is 0 Å². The molecule has 4 N–H and O–H groups in total. The van der Waals surface area contributed by atoms with Crippen LogP contribution >= 0.6 is 18.6 Å². The fraction of sp³-hybridized carbons (Fsp3) is 0.632. The van der Waals surface area contributed by atoms with E-state index in [4.69, 9.17) is 10.5 Å². The highest BCUT2D eigenvalue weighted by Crippen LogP contribution is 2.41. The molecule has 2 aromatic rings. The summed E-state index contributed by atoms with van der Waals surface area (Å²) in [6.07, 6.45) is 6.36. The molecule has 0 aliphatic carbocycles. The van der Waals surface area contributed by atoms with Gasteiger partial charge in [-0.15, -0.1) is 13.2 Å². The number of ether oxygens (including phenoxy) is 1. The van der Waals surface area contributed by atoms with Crippen LogP contribution in [0, 0.1) is 0 Å². The lowest BCUT2D eigenvalue weighted by molar-refractivity contribution is -0.0400. The molecule has 0 radical (unpaired) electrons. The van der Waals surface area contributed by atoms with Crippen molar-refractivity contribution < 1.29 is 14.9 Å². The Morgan fingerprint density at radius 3 is 2.79 bits per heavy atom. The Labute approximate surface area is 170 Å². The number of thioether (sulfide) groups is 1. The minimum absolute atomic E-state index is 0.437. The number of anilines is 1. The fourth-order valence-corrected chi connectivity index (χ4v) is 5.34. The second-order valence-corrected chi connectivity index (χ2v) is 13.4. The van der Waals surface area contributed by atoms with E-state index in [0.29, 0.717) is 28.4 Å². The molecule has 156 valence electrons. The first-order chi connectivity index (χ1) is 13.2. The van der Waals surface area contributed by atoms with Gasteiger partial charge >= 0.3 is 0 Å². The summed E-state index contributed by atoms with van der Waals surface area (Å²) >= 11 is 1.59. The Balaban J connectivity index is 1.93. The van der Waals surface area contributed by atoms with Crippen molar-refractivity contribution in [2.24, 2.45) is 0 Å². The SMILES string of the molecule is C=P(C)(C)CCC1O[C@@H](n2c(SCCCC)nc3c(N)ccnc32)[C@H](O)[C@@H]1O. The zero-order valence-corrected chi connectivity index (χ0v) is 18.5. The molecule has 0 amide bonds. The van der Waals surface area contributed by atoms with Gasteiger partial charge in [0.2, 0.25) is 0 Å². The standard InChI is InChI=1S/C19H31N4O3PS/c1-5-6-11-28-19-22-14-12(20)7-9-21-17(14)23(19)18-16(25)15(24)13(26-18)8-10-27(2,3)4/h7,9,13,15-16,18,24-25H,2,5-6,8,10-11H2,1,3-4H3,(H2,20,21)/t13?,15-,16-,18-/m1/s1. The summed E-state index contributed by atoms with van der Waals surface area (Å²) in [5.41, 5.74) is 7.80. The fourth-order valence-electron chi connectivity index (χ4n) is 3.29. The topological polar surface area (TPSA) is 106 Å². The lowest BCUT2D eigenvalue weighted by atomic mass is 10.1. The molecule has 1 unspecified atom stereocenters. The van der Waals surface area contributed by atoms with Crippen molar-refractivity contribution in [2.45, 2.75) is 55.9 Å². The molecule has 1 aliphatic rings. The van der Waals surface area contributed by atoms with Crippen molar-refractivity contribution in [3.8, 4) is 0 Å². The summed E-state index contributed by atoms with van der Waals surface area (Å²) in [7, 11) is 0. The van der Waals surface area contributed by atoms with Gasteiger partial charge in [0.1, 0.15) is 17.7 Å². The van der Waals surface area contributed by atoms with Crippen LogP contribution < -0.4 is 5.73 Å². The number of nitrogens with two attached hydrogens (primary N) is 1. The smallest absolute Gasteiger partial charge is 0.172 e. The number of unbranched alkanes of at least 4 members (excludes halogenated alkanes) is 1. The van der Waals surface area contributed by atoms with Gasteiger partial charge in [-0.3, -0.25) is 4.57 Å². The summed E-state index contributed by atoms with van der Waals surface area (Å²) in [5, 5.41) is 22.0.